The van der Waals surface area contributed by atoms with Gasteiger partial charge in [0, 0.05) is 11.1 Å². The van der Waals surface area contributed by atoms with Crippen molar-refractivity contribution in [2.45, 2.75) is 0 Å². The SMILES string of the molecule is C#S/C=C\C(=C)N. The van der Waals surface area contributed by atoms with Crippen LogP contribution >= 0.6 is 11.2 Å². The Kier molecular flexibility index (Phi) is 3.11. The zero-order valence-electron chi connectivity index (χ0n) is 3.92. The molecule has 7 heavy (non-hydrogen) atoms. The first-order chi connectivity index (χ1) is 3.27. The third kappa shape index (κ3) is 5.28. The van der Waals surface area contributed by atoms with Crippen molar-refractivity contribution in [3.8, 4) is 5.69 Å². The largest absolute Gasteiger partial charge is 0.399 e. The second-order valence-corrected chi connectivity index (χ2v) is 1.56. The summed E-state index contributed by atoms with van der Waals surface area (Å²) in [6.07, 6.45) is 1.64. The van der Waals surface area contributed by atoms with E-state index in [0.29, 0.717) is 5.70 Å². The van der Waals surface area contributed by atoms with Crippen LogP contribution in [-0.2, 0) is 0 Å². The lowest BCUT2D eigenvalue weighted by Crippen LogP contribution is -1.86. The second-order valence-electron chi connectivity index (χ2n) is 1.01. The molecule has 0 spiro atoms. The third-order valence-corrected chi connectivity index (χ3v) is 0.654. The maximum absolute atomic E-state index is 5.13. The van der Waals surface area contributed by atoms with Gasteiger partial charge < -0.3 is 5.73 Å². The zero-order chi connectivity index (χ0) is 5.70. The van der Waals surface area contributed by atoms with Gasteiger partial charge in [-0.15, -0.1) is 16.9 Å². The van der Waals surface area contributed by atoms with Gasteiger partial charge in [0.1, 0.15) is 0 Å². The predicted octanol–water partition coefficient (Wildman–Crippen LogP) is 1.29. The van der Waals surface area contributed by atoms with Crippen molar-refractivity contribution in [2.75, 3.05) is 0 Å². The Hall–Kier alpha value is -0.720. The Morgan fingerprint density at radius 1 is 1.86 bits per heavy atom. The first kappa shape index (κ1) is 6.28. The van der Waals surface area contributed by atoms with Gasteiger partial charge in [0.25, 0.3) is 0 Å². The van der Waals surface area contributed by atoms with Gasteiger partial charge >= 0.3 is 0 Å². The average molecular weight is 113 g/mol. The van der Waals surface area contributed by atoms with Crippen LogP contribution < -0.4 is 5.73 Å². The topological polar surface area (TPSA) is 26.0 Å². The summed E-state index contributed by atoms with van der Waals surface area (Å²) in [6, 6.07) is 0. The monoisotopic (exact) mass is 113 g/mol. The molecule has 0 unspecified atom stereocenters. The number of rotatable bonds is 1. The van der Waals surface area contributed by atoms with Crippen molar-refractivity contribution in [2.24, 2.45) is 5.73 Å². The van der Waals surface area contributed by atoms with Crippen molar-refractivity contribution < 1.29 is 0 Å². The van der Waals surface area contributed by atoms with Crippen LogP contribution in [0.2, 0.25) is 0 Å². The van der Waals surface area contributed by atoms with Crippen LogP contribution in [0.1, 0.15) is 0 Å². The Bertz CT molecular complexity index is 130. The van der Waals surface area contributed by atoms with Gasteiger partial charge in [0.2, 0.25) is 0 Å². The highest BCUT2D eigenvalue weighted by Gasteiger charge is 1.65. The van der Waals surface area contributed by atoms with Crippen LogP contribution in [0.25, 0.3) is 0 Å². The van der Waals surface area contributed by atoms with Crippen LogP contribution in [-0.4, -0.2) is 0 Å². The van der Waals surface area contributed by atoms with Crippen molar-refractivity contribution in [1.82, 2.24) is 0 Å². The van der Waals surface area contributed by atoms with E-state index in [0.717, 1.165) is 11.2 Å². The Morgan fingerprint density at radius 2 is 2.43 bits per heavy atom. The summed E-state index contributed by atoms with van der Waals surface area (Å²) in [5, 5.41) is 1.67. The first-order valence-corrected chi connectivity index (χ1v) is 2.68. The molecule has 0 rings (SSSR count). The zero-order valence-corrected chi connectivity index (χ0v) is 4.74. The van der Waals surface area contributed by atoms with E-state index < -0.39 is 0 Å². The highest BCUT2D eigenvalue weighted by atomic mass is 32.1. The standard InChI is InChI=1S/C5H7NS/c1-5(6)3-4-7-2/h2-4H,1,6H2/b4-3-. The van der Waals surface area contributed by atoms with E-state index in [4.69, 9.17) is 11.4 Å². The van der Waals surface area contributed by atoms with E-state index in [2.05, 4.69) is 6.58 Å². The minimum absolute atomic E-state index is 0.526. The lowest BCUT2D eigenvalue weighted by Gasteiger charge is -1.77. The summed E-state index contributed by atoms with van der Waals surface area (Å²) in [7, 11) is 0. The first-order valence-electron chi connectivity index (χ1n) is 1.74. The van der Waals surface area contributed by atoms with Gasteiger partial charge in [0.05, 0.1) is 0 Å². The lowest BCUT2D eigenvalue weighted by atomic mass is 10.5. The molecule has 2 N–H and O–H groups in total. The van der Waals surface area contributed by atoms with Gasteiger partial charge in [0.15, 0.2) is 0 Å². The highest BCUT2D eigenvalue weighted by molar-refractivity contribution is 7.91. The molecule has 0 aromatic rings. The predicted molar refractivity (Wildman–Crippen MR) is 35.0 cm³/mol. The minimum Gasteiger partial charge on any atom is -0.399 e. The summed E-state index contributed by atoms with van der Waals surface area (Å²) < 4.78 is 0. The molecule has 0 aliphatic carbocycles. The van der Waals surface area contributed by atoms with Gasteiger partial charge in [-0.3, -0.25) is 0 Å². The fraction of sp³-hybridized carbons (Fsp3) is 0. The molecule has 2 heteroatoms. The lowest BCUT2D eigenvalue weighted by molar-refractivity contribution is 1.46. The molecule has 0 saturated heterocycles. The Labute approximate surface area is 47.1 Å². The molecule has 1 nitrogen and oxygen atoms in total. The van der Waals surface area contributed by atoms with Crippen LogP contribution in [0.4, 0.5) is 0 Å². The molecule has 0 heterocycles. The highest BCUT2D eigenvalue weighted by Crippen LogP contribution is 1.84. The van der Waals surface area contributed by atoms with Crippen molar-refractivity contribution in [1.29, 1.82) is 0 Å². The van der Waals surface area contributed by atoms with Crippen molar-refractivity contribution in [3.05, 3.63) is 23.8 Å². The molecule has 0 fully saturated rings. The summed E-state index contributed by atoms with van der Waals surface area (Å²) in [5.74, 6) is 0. The van der Waals surface area contributed by atoms with E-state index in [9.17, 15) is 0 Å². The molecule has 38 valence electrons. The molecular formula is C5H7NS. The number of nitrogens with two attached hydrogens (primary N) is 1. The molecule has 0 aromatic carbocycles. The molecule has 0 aliphatic rings. The van der Waals surface area contributed by atoms with Crippen molar-refractivity contribution >= 4 is 11.2 Å². The van der Waals surface area contributed by atoms with E-state index in [-0.39, 0.29) is 0 Å². The number of allylic oxidation sites excluding steroid dienone is 1. The van der Waals surface area contributed by atoms with E-state index in [1.54, 1.807) is 11.5 Å². The fourth-order valence-corrected chi connectivity index (χ4v) is 0.380. The van der Waals surface area contributed by atoms with Crippen LogP contribution in [0, 0.1) is 5.69 Å². The minimum atomic E-state index is 0.526. The molecule has 0 atom stereocenters. The van der Waals surface area contributed by atoms with Crippen LogP contribution in [0.15, 0.2) is 23.8 Å². The Balaban J connectivity index is 3.53. The average Bonchev–Trinajstić information content (AvgIpc) is 1.61. The number of hydrogen-bond acceptors (Lipinski definition) is 1. The normalized spacial score (nSPS) is 9.00. The van der Waals surface area contributed by atoms with Crippen LogP contribution in [0.5, 0.6) is 0 Å². The molecule has 0 bridgehead atoms. The molecule has 0 saturated carbocycles. The number of hydrogen-bond donors (Lipinski definition) is 1. The quantitative estimate of drug-likeness (QED) is 0.509. The fourth-order valence-electron chi connectivity index (χ4n) is 0.127. The molecule has 0 radical (unpaired) electrons. The summed E-state index contributed by atoms with van der Waals surface area (Å²) in [6.45, 7) is 3.41. The molecule has 0 aromatic heterocycles. The summed E-state index contributed by atoms with van der Waals surface area (Å²) >= 11 is 1.11. The molecular weight excluding hydrogens is 106 g/mol. The summed E-state index contributed by atoms with van der Waals surface area (Å²) in [4.78, 5) is 0. The maximum atomic E-state index is 5.13. The van der Waals surface area contributed by atoms with Gasteiger partial charge in [-0.25, -0.2) is 0 Å². The second kappa shape index (κ2) is 3.47. The van der Waals surface area contributed by atoms with E-state index >= 15 is 0 Å². The van der Waals surface area contributed by atoms with E-state index in [1.165, 1.54) is 0 Å². The van der Waals surface area contributed by atoms with Crippen LogP contribution in [0.3, 0.4) is 0 Å². The molecule has 0 amide bonds. The Morgan fingerprint density at radius 3 is 2.57 bits per heavy atom. The van der Waals surface area contributed by atoms with Gasteiger partial charge in [-0.05, 0) is 6.08 Å². The van der Waals surface area contributed by atoms with Crippen molar-refractivity contribution in [3.63, 3.8) is 0 Å². The van der Waals surface area contributed by atoms with Gasteiger partial charge in [-0.1, -0.05) is 6.58 Å². The smallest absolute Gasteiger partial charge is 0.0249 e. The summed E-state index contributed by atoms with van der Waals surface area (Å²) in [5.41, 5.74) is 10.7. The van der Waals surface area contributed by atoms with Gasteiger partial charge in [-0.2, -0.15) is 0 Å². The third-order valence-electron chi connectivity index (χ3n) is 0.361. The van der Waals surface area contributed by atoms with E-state index in [1.807, 2.05) is 0 Å². The maximum Gasteiger partial charge on any atom is 0.0249 e. The molecule has 0 aliphatic heterocycles.